The number of nitrogens with zero attached hydrogens (tertiary/aromatic N) is 2. The summed E-state index contributed by atoms with van der Waals surface area (Å²) >= 11 is 8.70. The van der Waals surface area contributed by atoms with E-state index in [4.69, 9.17) is 5.73 Å². The van der Waals surface area contributed by atoms with E-state index in [9.17, 15) is 0 Å². The Labute approximate surface area is 121 Å². The van der Waals surface area contributed by atoms with Gasteiger partial charge in [-0.25, -0.2) is 0 Å². The minimum atomic E-state index is 0.351. The molecule has 0 bridgehead atoms. The highest BCUT2D eigenvalue weighted by Crippen LogP contribution is 2.42. The summed E-state index contributed by atoms with van der Waals surface area (Å²) in [6.45, 7) is 4.26. The predicted octanol–water partition coefficient (Wildman–Crippen LogP) is 4.38. The molecule has 2 rings (SSSR count). The number of rotatable bonds is 2. The Bertz CT molecular complexity index is 557. The second kappa shape index (κ2) is 4.74. The first kappa shape index (κ1) is 13.1. The summed E-state index contributed by atoms with van der Waals surface area (Å²) in [6.07, 6.45) is 0. The monoisotopic (exact) mass is 377 g/mol. The second-order valence-electron chi connectivity index (χ2n) is 4.16. The molecule has 17 heavy (non-hydrogen) atoms. The zero-order valence-corrected chi connectivity index (χ0v) is 13.8. The van der Waals surface area contributed by atoms with Crippen molar-refractivity contribution < 1.29 is 0 Å². The Kier molecular flexibility index (Phi) is 3.66. The van der Waals surface area contributed by atoms with Crippen molar-refractivity contribution >= 4 is 49.0 Å². The van der Waals surface area contributed by atoms with Crippen LogP contribution in [-0.4, -0.2) is 9.78 Å². The van der Waals surface area contributed by atoms with E-state index < -0.39 is 0 Å². The molecular weight excluding hydrogens is 366 g/mol. The molecule has 0 saturated carbocycles. The number of aromatic nitrogens is 2. The van der Waals surface area contributed by atoms with Gasteiger partial charge in [-0.05, 0) is 43.8 Å². The van der Waals surface area contributed by atoms with Crippen LogP contribution in [-0.2, 0) is 7.05 Å². The van der Waals surface area contributed by atoms with Crippen LogP contribution in [0.4, 0.5) is 5.82 Å². The van der Waals surface area contributed by atoms with Crippen molar-refractivity contribution in [2.24, 2.45) is 7.05 Å². The number of thiophene rings is 1. The lowest BCUT2D eigenvalue weighted by Gasteiger charge is -2.06. The number of nitrogen functional groups attached to an aromatic ring is 1. The number of halogens is 2. The van der Waals surface area contributed by atoms with Gasteiger partial charge in [0.15, 0.2) is 0 Å². The van der Waals surface area contributed by atoms with E-state index in [1.807, 2.05) is 7.05 Å². The molecule has 0 aliphatic heterocycles. The molecule has 6 heteroatoms. The van der Waals surface area contributed by atoms with Crippen LogP contribution in [0.2, 0.25) is 0 Å². The third-order valence-electron chi connectivity index (χ3n) is 2.62. The molecule has 0 unspecified atom stereocenters. The highest BCUT2D eigenvalue weighted by atomic mass is 79.9. The number of hydrogen-bond acceptors (Lipinski definition) is 3. The van der Waals surface area contributed by atoms with E-state index in [-0.39, 0.29) is 0 Å². The first-order valence-electron chi connectivity index (χ1n) is 5.19. The molecule has 2 aromatic heterocycles. The van der Waals surface area contributed by atoms with Crippen LogP contribution >= 0.6 is 43.2 Å². The van der Waals surface area contributed by atoms with Gasteiger partial charge in [-0.3, -0.25) is 4.68 Å². The molecule has 0 aromatic carbocycles. The maximum absolute atomic E-state index is 6.08. The van der Waals surface area contributed by atoms with E-state index >= 15 is 0 Å². The molecule has 0 aliphatic carbocycles. The highest BCUT2D eigenvalue weighted by molar-refractivity contribution is 9.12. The normalized spacial score (nSPS) is 11.4. The van der Waals surface area contributed by atoms with Crippen molar-refractivity contribution in [3.05, 3.63) is 19.2 Å². The largest absolute Gasteiger partial charge is 0.384 e. The first-order valence-corrected chi connectivity index (χ1v) is 7.59. The van der Waals surface area contributed by atoms with Gasteiger partial charge in [0.25, 0.3) is 0 Å². The molecule has 0 amide bonds. The maximum atomic E-state index is 6.08. The molecule has 2 N–H and O–H groups in total. The van der Waals surface area contributed by atoms with Crippen molar-refractivity contribution in [2.45, 2.75) is 19.8 Å². The SMILES string of the molecule is CC(C)c1c(-c2cc(Br)sc2Br)nn(C)c1N. The summed E-state index contributed by atoms with van der Waals surface area (Å²) in [5, 5.41) is 4.52. The van der Waals surface area contributed by atoms with Crippen LogP contribution in [0.5, 0.6) is 0 Å². The smallest absolute Gasteiger partial charge is 0.125 e. The molecule has 0 aliphatic rings. The summed E-state index contributed by atoms with van der Waals surface area (Å²) in [5.41, 5.74) is 9.25. The van der Waals surface area contributed by atoms with Crippen LogP contribution < -0.4 is 5.73 Å². The average molecular weight is 379 g/mol. The minimum absolute atomic E-state index is 0.351. The van der Waals surface area contributed by atoms with Crippen molar-refractivity contribution in [3.63, 3.8) is 0 Å². The lowest BCUT2D eigenvalue weighted by molar-refractivity contribution is 0.780. The van der Waals surface area contributed by atoms with Gasteiger partial charge in [0.05, 0.1) is 13.3 Å². The molecule has 2 heterocycles. The summed E-state index contributed by atoms with van der Waals surface area (Å²) < 4.78 is 3.89. The number of anilines is 1. The van der Waals surface area contributed by atoms with Crippen molar-refractivity contribution in [3.8, 4) is 11.3 Å². The van der Waals surface area contributed by atoms with Gasteiger partial charge in [-0.2, -0.15) is 5.10 Å². The molecule has 2 aromatic rings. The molecule has 0 radical (unpaired) electrons. The molecule has 92 valence electrons. The van der Waals surface area contributed by atoms with Crippen molar-refractivity contribution in [1.29, 1.82) is 0 Å². The van der Waals surface area contributed by atoms with E-state index in [2.05, 4.69) is 56.9 Å². The Balaban J connectivity index is 2.67. The molecule has 0 fully saturated rings. The van der Waals surface area contributed by atoms with Crippen LogP contribution in [0.1, 0.15) is 25.3 Å². The zero-order chi connectivity index (χ0) is 12.7. The van der Waals surface area contributed by atoms with Crippen LogP contribution in [0, 0.1) is 0 Å². The van der Waals surface area contributed by atoms with E-state index in [0.717, 1.165) is 30.2 Å². The Hall–Kier alpha value is -0.330. The molecule has 0 saturated heterocycles. The van der Waals surface area contributed by atoms with Gasteiger partial charge in [-0.15, -0.1) is 11.3 Å². The van der Waals surface area contributed by atoms with Gasteiger partial charge >= 0.3 is 0 Å². The molecule has 0 atom stereocenters. The summed E-state index contributed by atoms with van der Waals surface area (Å²) in [5.74, 6) is 1.09. The lowest BCUT2D eigenvalue weighted by atomic mass is 10.0. The van der Waals surface area contributed by atoms with E-state index in [0.29, 0.717) is 5.92 Å². The summed E-state index contributed by atoms with van der Waals surface area (Å²) in [7, 11) is 1.88. The number of nitrogens with two attached hydrogens (primary N) is 1. The summed E-state index contributed by atoms with van der Waals surface area (Å²) in [6, 6.07) is 2.07. The Morgan fingerprint density at radius 1 is 1.41 bits per heavy atom. The highest BCUT2D eigenvalue weighted by Gasteiger charge is 2.21. The predicted molar refractivity (Wildman–Crippen MR) is 80.4 cm³/mol. The fourth-order valence-electron chi connectivity index (χ4n) is 1.82. The van der Waals surface area contributed by atoms with Crippen LogP contribution in [0.3, 0.4) is 0 Å². The third kappa shape index (κ3) is 2.30. The number of hydrogen-bond donors (Lipinski definition) is 1. The van der Waals surface area contributed by atoms with Gasteiger partial charge in [0, 0.05) is 18.2 Å². The van der Waals surface area contributed by atoms with Crippen LogP contribution in [0.15, 0.2) is 13.6 Å². The summed E-state index contributed by atoms with van der Waals surface area (Å²) in [4.78, 5) is 0. The minimum Gasteiger partial charge on any atom is -0.384 e. The molecule has 0 spiro atoms. The van der Waals surface area contributed by atoms with E-state index in [1.165, 1.54) is 0 Å². The van der Waals surface area contributed by atoms with Crippen molar-refractivity contribution in [2.75, 3.05) is 5.73 Å². The Morgan fingerprint density at radius 2 is 2.06 bits per heavy atom. The Morgan fingerprint density at radius 3 is 2.53 bits per heavy atom. The molecular formula is C11H13Br2N3S. The van der Waals surface area contributed by atoms with Gasteiger partial charge < -0.3 is 5.73 Å². The average Bonchev–Trinajstić information content (AvgIpc) is 2.68. The molecule has 3 nitrogen and oxygen atoms in total. The standard InChI is InChI=1S/C11H13Br2N3S/c1-5(2)8-9(15-16(3)11(8)14)6-4-7(12)17-10(6)13/h4-5H,14H2,1-3H3. The lowest BCUT2D eigenvalue weighted by Crippen LogP contribution is -2.00. The number of aryl methyl sites for hydroxylation is 1. The van der Waals surface area contributed by atoms with Crippen LogP contribution in [0.25, 0.3) is 11.3 Å². The first-order chi connectivity index (χ1) is 7.91. The fourth-order valence-corrected chi connectivity index (χ4v) is 4.63. The third-order valence-corrected chi connectivity index (χ3v) is 4.96. The second-order valence-corrected chi connectivity index (χ2v) is 7.91. The maximum Gasteiger partial charge on any atom is 0.125 e. The van der Waals surface area contributed by atoms with E-state index in [1.54, 1.807) is 16.0 Å². The van der Waals surface area contributed by atoms with Gasteiger partial charge in [0.1, 0.15) is 5.82 Å². The quantitative estimate of drug-likeness (QED) is 0.842. The fraction of sp³-hybridized carbons (Fsp3) is 0.364. The van der Waals surface area contributed by atoms with Crippen molar-refractivity contribution in [1.82, 2.24) is 9.78 Å². The van der Waals surface area contributed by atoms with Gasteiger partial charge in [-0.1, -0.05) is 13.8 Å². The topological polar surface area (TPSA) is 43.8 Å². The van der Waals surface area contributed by atoms with Gasteiger partial charge in [0.2, 0.25) is 0 Å². The zero-order valence-electron chi connectivity index (χ0n) is 9.79.